The number of halogens is 1. The van der Waals surface area contributed by atoms with Crippen molar-refractivity contribution in [3.05, 3.63) is 76.1 Å². The number of nitrogens with one attached hydrogen (secondary N) is 2. The number of methoxy groups -OCH3 is 2. The number of ether oxygens (including phenoxy) is 3. The van der Waals surface area contributed by atoms with Crippen molar-refractivity contribution in [3.63, 3.8) is 0 Å². The molecule has 2 N–H and O–H groups in total. The molecule has 1 unspecified atom stereocenters. The van der Waals surface area contributed by atoms with E-state index in [0.29, 0.717) is 11.6 Å². The van der Waals surface area contributed by atoms with Crippen LogP contribution in [0.1, 0.15) is 30.9 Å². The van der Waals surface area contributed by atoms with E-state index in [0.717, 1.165) is 16.9 Å². The molecule has 0 saturated heterocycles. The molecule has 2 amide bonds. The second-order valence-corrected chi connectivity index (χ2v) is 8.02. The highest BCUT2D eigenvalue weighted by Crippen LogP contribution is 2.45. The Hall–Kier alpha value is -3.19. The van der Waals surface area contributed by atoms with Crippen LogP contribution in [-0.4, -0.2) is 31.8 Å². The first-order valence-corrected chi connectivity index (χ1v) is 10.1. The van der Waals surface area contributed by atoms with Gasteiger partial charge in [0.15, 0.2) is 0 Å². The Morgan fingerprint density at radius 1 is 1.06 bits per heavy atom. The van der Waals surface area contributed by atoms with Gasteiger partial charge in [0.05, 0.1) is 20.1 Å². The summed E-state index contributed by atoms with van der Waals surface area (Å²) in [5, 5.41) is 6.00. The number of amides is 2. The number of hydrogen-bond acceptors (Lipinski definition) is 5. The SMILES string of the molecule is COC(=O)C1=C(NC(=O)NCc2ccc(OC)cc2)OC(C)(C)C1c1ccc(Cl)cc1. The van der Waals surface area contributed by atoms with Crippen LogP contribution in [0.3, 0.4) is 0 Å². The third-order valence-electron chi connectivity index (χ3n) is 5.04. The van der Waals surface area contributed by atoms with Gasteiger partial charge in [0.2, 0.25) is 5.88 Å². The van der Waals surface area contributed by atoms with Crippen molar-refractivity contribution in [2.45, 2.75) is 31.9 Å². The molecule has 8 heteroatoms. The molecule has 0 radical (unpaired) electrons. The second-order valence-electron chi connectivity index (χ2n) is 7.58. The normalized spacial score (nSPS) is 17.0. The fourth-order valence-corrected chi connectivity index (χ4v) is 3.69. The van der Waals surface area contributed by atoms with Crippen molar-refractivity contribution in [3.8, 4) is 5.75 Å². The Bertz CT molecular complexity index is 984. The Balaban J connectivity index is 1.80. The summed E-state index contributed by atoms with van der Waals surface area (Å²) in [5.74, 6) is -0.218. The molecule has 3 rings (SSSR count). The molecular formula is C23H25ClN2O5. The van der Waals surface area contributed by atoms with E-state index in [1.165, 1.54) is 7.11 Å². The molecular weight excluding hydrogens is 420 g/mol. The molecule has 0 aromatic heterocycles. The maximum Gasteiger partial charge on any atom is 0.339 e. The molecule has 0 aliphatic carbocycles. The standard InChI is InChI=1S/C23H25ClN2O5/c1-23(2)19(15-7-9-16(24)10-8-15)18(21(27)30-4)20(31-23)26-22(28)25-13-14-5-11-17(29-3)12-6-14/h5-12,19H,13H2,1-4H3,(H2,25,26,28). The number of carbonyl (C=O) groups excluding carboxylic acids is 2. The predicted molar refractivity (Wildman–Crippen MR) is 117 cm³/mol. The maximum atomic E-state index is 12.6. The van der Waals surface area contributed by atoms with E-state index in [1.807, 2.05) is 50.2 Å². The zero-order valence-electron chi connectivity index (χ0n) is 17.8. The van der Waals surface area contributed by atoms with Crippen LogP contribution in [0, 0.1) is 0 Å². The summed E-state index contributed by atoms with van der Waals surface area (Å²) >= 11 is 6.01. The highest BCUT2D eigenvalue weighted by Gasteiger charge is 2.48. The first-order chi connectivity index (χ1) is 14.7. The zero-order valence-corrected chi connectivity index (χ0v) is 18.6. The smallest absolute Gasteiger partial charge is 0.339 e. The molecule has 2 aromatic rings. The number of urea groups is 1. The highest BCUT2D eigenvalue weighted by molar-refractivity contribution is 6.30. The first kappa shape index (κ1) is 22.5. The van der Waals surface area contributed by atoms with E-state index in [1.54, 1.807) is 19.2 Å². The van der Waals surface area contributed by atoms with Gasteiger partial charge in [-0.05, 0) is 49.2 Å². The molecule has 7 nitrogen and oxygen atoms in total. The van der Waals surface area contributed by atoms with Crippen molar-refractivity contribution in [2.75, 3.05) is 14.2 Å². The fraction of sp³-hybridized carbons (Fsp3) is 0.304. The van der Waals surface area contributed by atoms with E-state index in [9.17, 15) is 9.59 Å². The van der Waals surface area contributed by atoms with Crippen LogP contribution in [0.2, 0.25) is 5.02 Å². The molecule has 1 heterocycles. The number of rotatable bonds is 6. The monoisotopic (exact) mass is 444 g/mol. The van der Waals surface area contributed by atoms with E-state index < -0.39 is 23.5 Å². The lowest BCUT2D eigenvalue weighted by molar-refractivity contribution is -0.136. The van der Waals surface area contributed by atoms with Gasteiger partial charge in [0, 0.05) is 11.6 Å². The van der Waals surface area contributed by atoms with Crippen molar-refractivity contribution < 1.29 is 23.8 Å². The van der Waals surface area contributed by atoms with Crippen LogP contribution in [0.4, 0.5) is 4.79 Å². The lowest BCUT2D eigenvalue weighted by Gasteiger charge is -2.28. The molecule has 0 saturated carbocycles. The summed E-state index contributed by atoms with van der Waals surface area (Å²) in [5.41, 5.74) is 1.17. The van der Waals surface area contributed by atoms with Gasteiger partial charge >= 0.3 is 12.0 Å². The fourth-order valence-electron chi connectivity index (χ4n) is 3.57. The number of hydrogen-bond donors (Lipinski definition) is 2. The van der Waals surface area contributed by atoms with Crippen molar-refractivity contribution >= 4 is 23.6 Å². The molecule has 1 aliphatic rings. The summed E-state index contributed by atoms with van der Waals surface area (Å²) < 4.78 is 16.1. The highest BCUT2D eigenvalue weighted by atomic mass is 35.5. The zero-order chi connectivity index (χ0) is 22.6. The van der Waals surface area contributed by atoms with Crippen LogP contribution in [0.15, 0.2) is 60.0 Å². The Kier molecular flexibility index (Phi) is 6.75. The van der Waals surface area contributed by atoms with Crippen LogP contribution in [-0.2, 0) is 20.8 Å². The molecule has 2 aromatic carbocycles. The van der Waals surface area contributed by atoms with Crippen LogP contribution < -0.4 is 15.4 Å². The first-order valence-electron chi connectivity index (χ1n) is 9.70. The average Bonchev–Trinajstić information content (AvgIpc) is 3.02. The second kappa shape index (κ2) is 9.31. The van der Waals surface area contributed by atoms with Gasteiger partial charge in [-0.2, -0.15) is 0 Å². The lowest BCUT2D eigenvalue weighted by Crippen LogP contribution is -2.36. The topological polar surface area (TPSA) is 85.9 Å². The lowest BCUT2D eigenvalue weighted by atomic mass is 9.81. The minimum atomic E-state index is -0.796. The van der Waals surface area contributed by atoms with Crippen LogP contribution in [0.25, 0.3) is 0 Å². The van der Waals surface area contributed by atoms with E-state index in [2.05, 4.69) is 10.6 Å². The van der Waals surface area contributed by atoms with Gasteiger partial charge < -0.3 is 19.5 Å². The Morgan fingerprint density at radius 2 is 1.71 bits per heavy atom. The van der Waals surface area contributed by atoms with Crippen molar-refractivity contribution in [2.24, 2.45) is 0 Å². The third kappa shape index (κ3) is 5.11. The minimum Gasteiger partial charge on any atom is -0.497 e. The molecule has 31 heavy (non-hydrogen) atoms. The summed E-state index contributed by atoms with van der Waals surface area (Å²) in [7, 11) is 2.88. The van der Waals surface area contributed by atoms with Gasteiger partial charge in [-0.3, -0.25) is 5.32 Å². The molecule has 1 aliphatic heterocycles. The van der Waals surface area contributed by atoms with Crippen molar-refractivity contribution in [1.29, 1.82) is 0 Å². The number of carbonyl (C=O) groups is 2. The minimum absolute atomic E-state index is 0.0732. The predicted octanol–water partition coefficient (Wildman–Crippen LogP) is 4.13. The maximum absolute atomic E-state index is 12.6. The van der Waals surface area contributed by atoms with Crippen molar-refractivity contribution in [1.82, 2.24) is 10.6 Å². The van der Waals surface area contributed by atoms with Gasteiger partial charge in [-0.15, -0.1) is 0 Å². The largest absolute Gasteiger partial charge is 0.497 e. The third-order valence-corrected chi connectivity index (χ3v) is 5.29. The van der Waals surface area contributed by atoms with Gasteiger partial charge in [-0.1, -0.05) is 35.9 Å². The molecule has 1 atom stereocenters. The quantitative estimate of drug-likeness (QED) is 0.654. The summed E-state index contributed by atoms with van der Waals surface area (Å²) in [6.07, 6.45) is 0. The van der Waals surface area contributed by atoms with E-state index in [4.69, 9.17) is 25.8 Å². The number of esters is 1. The molecule has 164 valence electrons. The number of benzene rings is 2. The summed E-state index contributed by atoms with van der Waals surface area (Å²) in [6, 6.07) is 14.0. The summed E-state index contributed by atoms with van der Waals surface area (Å²) in [4.78, 5) is 25.1. The molecule has 0 bridgehead atoms. The average molecular weight is 445 g/mol. The van der Waals surface area contributed by atoms with E-state index >= 15 is 0 Å². The van der Waals surface area contributed by atoms with Gasteiger partial charge in [-0.25, -0.2) is 9.59 Å². The summed E-state index contributed by atoms with van der Waals surface area (Å²) in [6.45, 7) is 3.99. The van der Waals surface area contributed by atoms with Crippen LogP contribution >= 0.6 is 11.6 Å². The van der Waals surface area contributed by atoms with Gasteiger partial charge in [0.1, 0.15) is 16.9 Å². The van der Waals surface area contributed by atoms with Gasteiger partial charge in [0.25, 0.3) is 0 Å². The Labute approximate surface area is 186 Å². The van der Waals surface area contributed by atoms with Crippen LogP contribution in [0.5, 0.6) is 5.75 Å². The van der Waals surface area contributed by atoms with E-state index in [-0.39, 0.29) is 11.5 Å². The molecule has 0 spiro atoms. The molecule has 0 fully saturated rings. The Morgan fingerprint density at radius 3 is 2.29 bits per heavy atom.